The fourth-order valence-corrected chi connectivity index (χ4v) is 1.55. The normalized spacial score (nSPS) is 12.6. The van der Waals surface area contributed by atoms with Crippen molar-refractivity contribution in [3.63, 3.8) is 0 Å². The van der Waals surface area contributed by atoms with Gasteiger partial charge in [0.15, 0.2) is 0 Å². The Bertz CT molecular complexity index is 568. The van der Waals surface area contributed by atoms with Gasteiger partial charge in [-0.05, 0) is 50.3 Å². The number of carbonyl (C=O) groups is 1. The molecule has 1 aromatic rings. The number of amides is 1. The highest BCUT2D eigenvalue weighted by atomic mass is 16.1. The SMILES string of the molecule is CC(=O)N=C(C)C=CC(C)=NNc1ccc(N(C)C)cc1. The number of nitrogens with one attached hydrogen (secondary N) is 1. The first kappa shape index (κ1) is 16.6. The fraction of sp³-hybridized carbons (Fsp3) is 0.312. The second kappa shape index (κ2) is 7.99. The van der Waals surface area contributed by atoms with Crippen LogP contribution in [-0.2, 0) is 4.79 Å². The van der Waals surface area contributed by atoms with E-state index in [2.05, 4.69) is 15.5 Å². The molecule has 0 spiro atoms. The van der Waals surface area contributed by atoms with Crippen molar-refractivity contribution < 1.29 is 4.79 Å². The number of rotatable bonds is 5. The summed E-state index contributed by atoms with van der Waals surface area (Å²) >= 11 is 0. The van der Waals surface area contributed by atoms with Gasteiger partial charge in [-0.1, -0.05) is 0 Å². The lowest BCUT2D eigenvalue weighted by Crippen LogP contribution is -2.08. The fourth-order valence-electron chi connectivity index (χ4n) is 1.55. The molecule has 0 bridgehead atoms. The molecule has 5 nitrogen and oxygen atoms in total. The van der Waals surface area contributed by atoms with Gasteiger partial charge < -0.3 is 4.90 Å². The zero-order valence-electron chi connectivity index (χ0n) is 13.2. The molecule has 5 heteroatoms. The molecule has 0 aliphatic rings. The summed E-state index contributed by atoms with van der Waals surface area (Å²) in [6.07, 6.45) is 3.57. The van der Waals surface area contributed by atoms with E-state index in [1.54, 1.807) is 13.0 Å². The molecule has 0 atom stereocenters. The standard InChI is InChI=1S/C16H22N4O/c1-12(17-14(3)21)6-7-13(2)18-19-15-8-10-16(11-9-15)20(4)5/h6-11,19H,1-5H3. The minimum Gasteiger partial charge on any atom is -0.378 e. The zero-order chi connectivity index (χ0) is 15.8. The van der Waals surface area contributed by atoms with Gasteiger partial charge in [0, 0.05) is 32.4 Å². The third kappa shape index (κ3) is 6.51. The van der Waals surface area contributed by atoms with Crippen LogP contribution >= 0.6 is 0 Å². The molecule has 0 aliphatic carbocycles. The van der Waals surface area contributed by atoms with Crippen LogP contribution in [0.4, 0.5) is 11.4 Å². The summed E-state index contributed by atoms with van der Waals surface area (Å²) in [6, 6.07) is 7.98. The first-order valence-electron chi connectivity index (χ1n) is 6.70. The van der Waals surface area contributed by atoms with E-state index in [9.17, 15) is 4.79 Å². The average Bonchev–Trinajstić information content (AvgIpc) is 2.42. The Morgan fingerprint density at radius 3 is 2.14 bits per heavy atom. The van der Waals surface area contributed by atoms with E-state index in [0.29, 0.717) is 5.71 Å². The van der Waals surface area contributed by atoms with Crippen molar-refractivity contribution in [2.24, 2.45) is 10.1 Å². The summed E-state index contributed by atoms with van der Waals surface area (Å²) < 4.78 is 0. The van der Waals surface area contributed by atoms with E-state index in [-0.39, 0.29) is 5.91 Å². The maximum atomic E-state index is 10.8. The number of aliphatic imine (C=N–C) groups is 1. The van der Waals surface area contributed by atoms with Crippen molar-refractivity contribution in [1.82, 2.24) is 0 Å². The smallest absolute Gasteiger partial charge is 0.242 e. The van der Waals surface area contributed by atoms with Crippen molar-refractivity contribution in [3.8, 4) is 0 Å². The summed E-state index contributed by atoms with van der Waals surface area (Å²) in [5, 5.41) is 4.25. The summed E-state index contributed by atoms with van der Waals surface area (Å²) in [5.74, 6) is -0.203. The molecule has 0 aliphatic heterocycles. The molecule has 0 aromatic heterocycles. The number of carbonyl (C=O) groups excluding carboxylic acids is 1. The molecule has 0 fully saturated rings. The van der Waals surface area contributed by atoms with Crippen LogP contribution in [0.15, 0.2) is 46.5 Å². The van der Waals surface area contributed by atoms with Gasteiger partial charge >= 0.3 is 0 Å². The van der Waals surface area contributed by atoms with Crippen molar-refractivity contribution in [1.29, 1.82) is 0 Å². The number of nitrogens with zero attached hydrogens (tertiary/aromatic N) is 3. The molecule has 0 unspecified atom stereocenters. The van der Waals surface area contributed by atoms with Crippen molar-refractivity contribution >= 4 is 28.7 Å². The number of hydrogen-bond donors (Lipinski definition) is 1. The Balaban J connectivity index is 2.63. The maximum Gasteiger partial charge on any atom is 0.242 e. The van der Waals surface area contributed by atoms with Crippen molar-refractivity contribution in [2.75, 3.05) is 24.4 Å². The molecule has 0 heterocycles. The predicted octanol–water partition coefficient (Wildman–Crippen LogP) is 3.10. The third-order valence-electron chi connectivity index (χ3n) is 2.64. The van der Waals surface area contributed by atoms with Gasteiger partial charge in [-0.25, -0.2) is 4.99 Å². The number of benzene rings is 1. The Morgan fingerprint density at radius 2 is 1.62 bits per heavy atom. The number of allylic oxidation sites excluding steroid dienone is 2. The molecule has 1 amide bonds. The minimum atomic E-state index is -0.203. The molecule has 112 valence electrons. The largest absolute Gasteiger partial charge is 0.378 e. The summed E-state index contributed by atoms with van der Waals surface area (Å²) in [7, 11) is 4.00. The van der Waals surface area contributed by atoms with Crippen LogP contribution in [-0.4, -0.2) is 31.4 Å². The van der Waals surface area contributed by atoms with Gasteiger partial charge in [-0.2, -0.15) is 5.10 Å². The molecule has 0 saturated heterocycles. The molecule has 1 N–H and O–H groups in total. The highest BCUT2D eigenvalue weighted by Gasteiger charge is 1.95. The van der Waals surface area contributed by atoms with Crippen LogP contribution in [0.25, 0.3) is 0 Å². The summed E-state index contributed by atoms with van der Waals surface area (Å²) in [5.41, 5.74) is 6.50. The molecule has 1 rings (SSSR count). The van der Waals surface area contributed by atoms with Gasteiger partial charge in [0.2, 0.25) is 5.91 Å². The Hall–Kier alpha value is -2.43. The lowest BCUT2D eigenvalue weighted by molar-refractivity contribution is -0.115. The van der Waals surface area contributed by atoms with Gasteiger partial charge in [0.25, 0.3) is 0 Å². The first-order chi connectivity index (χ1) is 9.88. The lowest BCUT2D eigenvalue weighted by atomic mass is 10.3. The van der Waals surface area contributed by atoms with Crippen LogP contribution in [0, 0.1) is 0 Å². The van der Waals surface area contributed by atoms with Gasteiger partial charge in [0.1, 0.15) is 0 Å². The van der Waals surface area contributed by atoms with Gasteiger partial charge in [-0.3, -0.25) is 10.2 Å². The topological polar surface area (TPSA) is 57.1 Å². The number of hydrogen-bond acceptors (Lipinski definition) is 4. The van der Waals surface area contributed by atoms with Crippen LogP contribution in [0.5, 0.6) is 0 Å². The van der Waals surface area contributed by atoms with E-state index in [0.717, 1.165) is 17.1 Å². The highest BCUT2D eigenvalue weighted by molar-refractivity contribution is 6.05. The predicted molar refractivity (Wildman–Crippen MR) is 90.4 cm³/mol. The van der Waals surface area contributed by atoms with E-state index < -0.39 is 0 Å². The second-order valence-corrected chi connectivity index (χ2v) is 4.91. The number of anilines is 2. The average molecular weight is 286 g/mol. The molecular formula is C16H22N4O. The first-order valence-corrected chi connectivity index (χ1v) is 6.70. The minimum absolute atomic E-state index is 0.203. The quantitative estimate of drug-likeness (QED) is 0.668. The highest BCUT2D eigenvalue weighted by Crippen LogP contribution is 2.15. The lowest BCUT2D eigenvalue weighted by Gasteiger charge is -2.12. The molecule has 1 aromatic carbocycles. The second-order valence-electron chi connectivity index (χ2n) is 4.91. The summed E-state index contributed by atoms with van der Waals surface area (Å²) in [6.45, 7) is 5.08. The summed E-state index contributed by atoms with van der Waals surface area (Å²) in [4.78, 5) is 16.7. The van der Waals surface area contributed by atoms with Gasteiger partial charge in [-0.15, -0.1) is 0 Å². The number of hydrazone groups is 1. The van der Waals surface area contributed by atoms with Gasteiger partial charge in [0.05, 0.1) is 11.4 Å². The Kier molecular flexibility index (Phi) is 6.33. The van der Waals surface area contributed by atoms with E-state index in [1.807, 2.05) is 56.3 Å². The maximum absolute atomic E-state index is 10.8. The van der Waals surface area contributed by atoms with Crippen molar-refractivity contribution in [2.45, 2.75) is 20.8 Å². The van der Waals surface area contributed by atoms with Crippen molar-refractivity contribution in [3.05, 3.63) is 36.4 Å². The molecule has 0 radical (unpaired) electrons. The van der Waals surface area contributed by atoms with Crippen LogP contribution < -0.4 is 10.3 Å². The van der Waals surface area contributed by atoms with Crippen LogP contribution in [0.1, 0.15) is 20.8 Å². The molecule has 0 saturated carbocycles. The zero-order valence-corrected chi connectivity index (χ0v) is 13.2. The van der Waals surface area contributed by atoms with Crippen LogP contribution in [0.2, 0.25) is 0 Å². The molecular weight excluding hydrogens is 264 g/mol. The Morgan fingerprint density at radius 1 is 1.05 bits per heavy atom. The van der Waals surface area contributed by atoms with E-state index >= 15 is 0 Å². The van der Waals surface area contributed by atoms with E-state index in [1.165, 1.54) is 6.92 Å². The Labute approximate surface area is 126 Å². The monoisotopic (exact) mass is 286 g/mol. The van der Waals surface area contributed by atoms with E-state index in [4.69, 9.17) is 0 Å². The molecule has 21 heavy (non-hydrogen) atoms. The third-order valence-corrected chi connectivity index (χ3v) is 2.64. The van der Waals surface area contributed by atoms with Crippen LogP contribution in [0.3, 0.4) is 0 Å².